The average molecular weight is 308 g/mol. The van der Waals surface area contributed by atoms with Crippen LogP contribution in [-0.4, -0.2) is 9.78 Å². The molecular weight excluding hydrogens is 290 g/mol. The van der Waals surface area contributed by atoms with Crippen molar-refractivity contribution in [1.82, 2.24) is 15.1 Å². The summed E-state index contributed by atoms with van der Waals surface area (Å²) in [5.41, 5.74) is 2.53. The van der Waals surface area contributed by atoms with Crippen LogP contribution in [0.4, 0.5) is 0 Å². The molecule has 1 heterocycles. The lowest BCUT2D eigenvalue weighted by atomic mass is 10.0. The summed E-state index contributed by atoms with van der Waals surface area (Å²) in [5, 5.41) is 7.74. The van der Waals surface area contributed by atoms with E-state index in [0.29, 0.717) is 6.04 Å². The fraction of sp³-hybridized carbons (Fsp3) is 0.357. The van der Waals surface area contributed by atoms with E-state index in [0.717, 1.165) is 17.4 Å². The Kier molecular flexibility index (Phi) is 4.55. The fourth-order valence-electron chi connectivity index (χ4n) is 2.03. The highest BCUT2D eigenvalue weighted by Gasteiger charge is 2.09. The molecule has 1 unspecified atom stereocenters. The van der Waals surface area contributed by atoms with Crippen molar-refractivity contribution in [2.24, 2.45) is 7.05 Å². The van der Waals surface area contributed by atoms with Crippen LogP contribution >= 0.6 is 15.9 Å². The molecule has 0 spiro atoms. The summed E-state index contributed by atoms with van der Waals surface area (Å²) in [6, 6.07) is 8.84. The van der Waals surface area contributed by atoms with Gasteiger partial charge in [0, 0.05) is 35.9 Å². The number of aromatic nitrogens is 2. The molecule has 0 radical (unpaired) electrons. The Morgan fingerprint density at radius 1 is 1.44 bits per heavy atom. The Morgan fingerprint density at radius 3 is 2.89 bits per heavy atom. The van der Waals surface area contributed by atoms with Crippen LogP contribution in [0.1, 0.15) is 30.5 Å². The third-order valence-electron chi connectivity index (χ3n) is 2.97. The van der Waals surface area contributed by atoms with Gasteiger partial charge in [-0.2, -0.15) is 5.10 Å². The quantitative estimate of drug-likeness (QED) is 0.917. The zero-order valence-electron chi connectivity index (χ0n) is 10.7. The van der Waals surface area contributed by atoms with E-state index < -0.39 is 0 Å². The molecule has 0 aliphatic heterocycles. The molecular formula is C14H18BrN3. The lowest BCUT2D eigenvalue weighted by Crippen LogP contribution is -2.20. The maximum atomic E-state index is 4.18. The average Bonchev–Trinajstić information content (AvgIpc) is 2.76. The summed E-state index contributed by atoms with van der Waals surface area (Å²) in [5.74, 6) is 0. The zero-order chi connectivity index (χ0) is 13.0. The first-order valence-corrected chi connectivity index (χ1v) is 6.94. The molecule has 0 aliphatic carbocycles. The van der Waals surface area contributed by atoms with Crippen LogP contribution in [0.15, 0.2) is 41.1 Å². The standard InChI is InChI=1S/C14H18BrN3/c1-3-14(12-5-4-6-13(15)7-12)16-8-11-9-17-18(2)10-11/h4-7,9-10,14,16H,3,8H2,1-2H3. The first kappa shape index (κ1) is 13.3. The first-order chi connectivity index (χ1) is 8.69. The van der Waals surface area contributed by atoms with Gasteiger partial charge in [-0.25, -0.2) is 0 Å². The largest absolute Gasteiger partial charge is 0.306 e. The summed E-state index contributed by atoms with van der Waals surface area (Å²) < 4.78 is 2.96. The van der Waals surface area contributed by atoms with Crippen molar-refractivity contribution in [2.75, 3.05) is 0 Å². The third-order valence-corrected chi connectivity index (χ3v) is 3.46. The van der Waals surface area contributed by atoms with E-state index in [-0.39, 0.29) is 0 Å². The minimum absolute atomic E-state index is 0.378. The minimum atomic E-state index is 0.378. The van der Waals surface area contributed by atoms with Gasteiger partial charge in [0.05, 0.1) is 6.20 Å². The van der Waals surface area contributed by atoms with Gasteiger partial charge in [0.2, 0.25) is 0 Å². The van der Waals surface area contributed by atoms with Crippen LogP contribution in [0.2, 0.25) is 0 Å². The molecule has 0 bridgehead atoms. The maximum Gasteiger partial charge on any atom is 0.0534 e. The predicted molar refractivity (Wildman–Crippen MR) is 77.2 cm³/mol. The van der Waals surface area contributed by atoms with E-state index >= 15 is 0 Å². The lowest BCUT2D eigenvalue weighted by molar-refractivity contribution is 0.518. The van der Waals surface area contributed by atoms with Crippen molar-refractivity contribution in [2.45, 2.75) is 25.9 Å². The van der Waals surface area contributed by atoms with Gasteiger partial charge in [0.25, 0.3) is 0 Å². The van der Waals surface area contributed by atoms with Crippen LogP contribution in [0.25, 0.3) is 0 Å². The molecule has 3 nitrogen and oxygen atoms in total. The molecule has 4 heteroatoms. The Bertz CT molecular complexity index is 507. The number of rotatable bonds is 5. The SMILES string of the molecule is CCC(NCc1cnn(C)c1)c1cccc(Br)c1. The molecule has 0 amide bonds. The molecule has 1 aromatic carbocycles. The second kappa shape index (κ2) is 6.16. The van der Waals surface area contributed by atoms with Crippen molar-refractivity contribution in [3.05, 3.63) is 52.3 Å². The predicted octanol–water partition coefficient (Wildman–Crippen LogP) is 3.42. The smallest absolute Gasteiger partial charge is 0.0534 e. The van der Waals surface area contributed by atoms with Crippen molar-refractivity contribution in [3.63, 3.8) is 0 Å². The monoisotopic (exact) mass is 307 g/mol. The number of nitrogens with one attached hydrogen (secondary N) is 1. The molecule has 1 atom stereocenters. The maximum absolute atomic E-state index is 4.18. The van der Waals surface area contributed by atoms with E-state index in [1.165, 1.54) is 11.1 Å². The highest BCUT2D eigenvalue weighted by molar-refractivity contribution is 9.10. The van der Waals surface area contributed by atoms with Crippen LogP contribution in [0.5, 0.6) is 0 Å². The van der Waals surface area contributed by atoms with Crippen LogP contribution < -0.4 is 5.32 Å². The normalized spacial score (nSPS) is 12.6. The molecule has 1 N–H and O–H groups in total. The van der Waals surface area contributed by atoms with Gasteiger partial charge < -0.3 is 5.32 Å². The molecule has 1 aromatic heterocycles. The van der Waals surface area contributed by atoms with E-state index in [2.05, 4.69) is 57.5 Å². The number of nitrogens with zero attached hydrogens (tertiary/aromatic N) is 2. The number of halogens is 1. The van der Waals surface area contributed by atoms with Crippen molar-refractivity contribution in [1.29, 1.82) is 0 Å². The van der Waals surface area contributed by atoms with E-state index in [1.807, 2.05) is 24.1 Å². The number of benzene rings is 1. The summed E-state index contributed by atoms with van der Waals surface area (Å²) in [6.07, 6.45) is 5.01. The van der Waals surface area contributed by atoms with Crippen molar-refractivity contribution >= 4 is 15.9 Å². The van der Waals surface area contributed by atoms with Gasteiger partial charge >= 0.3 is 0 Å². The summed E-state index contributed by atoms with van der Waals surface area (Å²) in [7, 11) is 1.94. The second-order valence-corrected chi connectivity index (χ2v) is 5.33. The highest BCUT2D eigenvalue weighted by Crippen LogP contribution is 2.21. The van der Waals surface area contributed by atoms with Gasteiger partial charge in [0.15, 0.2) is 0 Å². The number of hydrogen-bond acceptors (Lipinski definition) is 2. The Hall–Kier alpha value is -1.13. The molecule has 96 valence electrons. The second-order valence-electron chi connectivity index (χ2n) is 4.42. The Morgan fingerprint density at radius 2 is 2.28 bits per heavy atom. The fourth-order valence-corrected chi connectivity index (χ4v) is 2.44. The molecule has 18 heavy (non-hydrogen) atoms. The molecule has 0 fully saturated rings. The molecule has 0 saturated carbocycles. The van der Waals surface area contributed by atoms with Crippen LogP contribution in [-0.2, 0) is 13.6 Å². The van der Waals surface area contributed by atoms with Gasteiger partial charge in [0.1, 0.15) is 0 Å². The lowest BCUT2D eigenvalue weighted by Gasteiger charge is -2.17. The van der Waals surface area contributed by atoms with Crippen molar-refractivity contribution < 1.29 is 0 Å². The van der Waals surface area contributed by atoms with E-state index in [4.69, 9.17) is 0 Å². The molecule has 2 rings (SSSR count). The number of aryl methyl sites for hydroxylation is 1. The van der Waals surface area contributed by atoms with E-state index in [1.54, 1.807) is 0 Å². The minimum Gasteiger partial charge on any atom is -0.306 e. The summed E-state index contributed by atoms with van der Waals surface area (Å²) in [4.78, 5) is 0. The first-order valence-electron chi connectivity index (χ1n) is 6.15. The van der Waals surface area contributed by atoms with Crippen LogP contribution in [0, 0.1) is 0 Å². The number of hydrogen-bond donors (Lipinski definition) is 1. The summed E-state index contributed by atoms with van der Waals surface area (Å²) in [6.45, 7) is 3.04. The Balaban J connectivity index is 2.01. The summed E-state index contributed by atoms with van der Waals surface area (Å²) >= 11 is 3.52. The van der Waals surface area contributed by atoms with Gasteiger partial charge in [-0.15, -0.1) is 0 Å². The Labute approximate surface area is 116 Å². The van der Waals surface area contributed by atoms with Crippen LogP contribution in [0.3, 0.4) is 0 Å². The topological polar surface area (TPSA) is 29.9 Å². The molecule has 2 aromatic rings. The van der Waals surface area contributed by atoms with Gasteiger partial charge in [-0.05, 0) is 24.1 Å². The third kappa shape index (κ3) is 3.43. The van der Waals surface area contributed by atoms with Gasteiger partial charge in [-0.3, -0.25) is 4.68 Å². The zero-order valence-corrected chi connectivity index (χ0v) is 12.3. The van der Waals surface area contributed by atoms with E-state index in [9.17, 15) is 0 Å². The molecule has 0 saturated heterocycles. The van der Waals surface area contributed by atoms with Gasteiger partial charge in [-0.1, -0.05) is 35.0 Å². The molecule has 0 aliphatic rings. The van der Waals surface area contributed by atoms with Crippen molar-refractivity contribution in [3.8, 4) is 0 Å². The highest BCUT2D eigenvalue weighted by atomic mass is 79.9.